The van der Waals surface area contributed by atoms with E-state index < -0.39 is 0 Å². The second-order valence-electron chi connectivity index (χ2n) is 8.78. The van der Waals surface area contributed by atoms with E-state index in [-0.39, 0.29) is 0 Å². The van der Waals surface area contributed by atoms with Gasteiger partial charge in [-0.2, -0.15) is 0 Å². The summed E-state index contributed by atoms with van der Waals surface area (Å²) in [5.74, 6) is 5.70. The molecule has 0 saturated heterocycles. The Morgan fingerprint density at radius 1 is 0.905 bits per heavy atom. The van der Waals surface area contributed by atoms with Crippen molar-refractivity contribution in [3.63, 3.8) is 0 Å². The molecular formula is C20H39N. The summed E-state index contributed by atoms with van der Waals surface area (Å²) in [5.41, 5.74) is 0. The first-order chi connectivity index (χ1) is 10.1. The van der Waals surface area contributed by atoms with Gasteiger partial charge in [0.1, 0.15) is 0 Å². The fourth-order valence-electron chi connectivity index (χ4n) is 4.76. The Balaban J connectivity index is 1.86. The van der Waals surface area contributed by atoms with Crippen LogP contribution in [0.3, 0.4) is 0 Å². The highest BCUT2D eigenvalue weighted by atomic mass is 14.9. The lowest BCUT2D eigenvalue weighted by molar-refractivity contribution is 0.123. The van der Waals surface area contributed by atoms with Gasteiger partial charge in [0.15, 0.2) is 0 Å². The third-order valence-electron chi connectivity index (χ3n) is 6.19. The Bertz CT molecular complexity index is 274. The van der Waals surface area contributed by atoms with E-state index in [4.69, 9.17) is 0 Å². The van der Waals surface area contributed by atoms with Gasteiger partial charge in [0.25, 0.3) is 0 Å². The molecule has 0 aromatic carbocycles. The van der Waals surface area contributed by atoms with Gasteiger partial charge >= 0.3 is 0 Å². The number of hydrogen-bond donors (Lipinski definition) is 1. The molecule has 0 radical (unpaired) electrons. The molecule has 2 saturated carbocycles. The molecule has 0 aliphatic heterocycles. The Morgan fingerprint density at radius 3 is 2.24 bits per heavy atom. The van der Waals surface area contributed by atoms with Crippen LogP contribution in [-0.4, -0.2) is 13.1 Å². The molecule has 2 rings (SSSR count). The van der Waals surface area contributed by atoms with Gasteiger partial charge in [0.05, 0.1) is 0 Å². The molecule has 0 amide bonds. The molecule has 1 N–H and O–H groups in total. The van der Waals surface area contributed by atoms with Crippen LogP contribution < -0.4 is 5.32 Å². The van der Waals surface area contributed by atoms with E-state index in [0.717, 1.165) is 35.5 Å². The first kappa shape index (κ1) is 17.3. The monoisotopic (exact) mass is 293 g/mol. The van der Waals surface area contributed by atoms with Gasteiger partial charge in [-0.15, -0.1) is 0 Å². The zero-order chi connectivity index (χ0) is 15.2. The lowest BCUT2D eigenvalue weighted by atomic mass is 9.68. The standard InChI is InChI=1S/C20H39N/c1-15(2)13-21-14-19-10-9-18(16(3)4)12-20(19)11-17-7-5-6-8-17/h15-21H,5-14H2,1-4H3. The zero-order valence-electron chi connectivity index (χ0n) is 15.0. The van der Waals surface area contributed by atoms with Gasteiger partial charge in [0, 0.05) is 0 Å². The lowest BCUT2D eigenvalue weighted by Gasteiger charge is -2.39. The maximum atomic E-state index is 3.75. The van der Waals surface area contributed by atoms with Crippen molar-refractivity contribution in [2.45, 2.75) is 79.1 Å². The Kier molecular flexibility index (Phi) is 7.05. The smallest absolute Gasteiger partial charge is 0.00178 e. The van der Waals surface area contributed by atoms with Crippen LogP contribution in [0.4, 0.5) is 0 Å². The van der Waals surface area contributed by atoms with Crippen molar-refractivity contribution < 1.29 is 0 Å². The highest BCUT2D eigenvalue weighted by molar-refractivity contribution is 4.85. The largest absolute Gasteiger partial charge is 0.316 e. The van der Waals surface area contributed by atoms with Crippen LogP contribution in [0.5, 0.6) is 0 Å². The Labute approximate surface area is 133 Å². The maximum Gasteiger partial charge on any atom is -0.00178 e. The summed E-state index contributed by atoms with van der Waals surface area (Å²) in [6.45, 7) is 12.0. The average molecular weight is 294 g/mol. The Morgan fingerprint density at radius 2 is 1.62 bits per heavy atom. The minimum atomic E-state index is 0.783. The van der Waals surface area contributed by atoms with E-state index in [1.807, 2.05) is 0 Å². The summed E-state index contributed by atoms with van der Waals surface area (Å²) >= 11 is 0. The van der Waals surface area contributed by atoms with Gasteiger partial charge in [-0.25, -0.2) is 0 Å². The van der Waals surface area contributed by atoms with Crippen molar-refractivity contribution in [2.24, 2.45) is 35.5 Å². The molecule has 0 aromatic heterocycles. The quantitative estimate of drug-likeness (QED) is 0.653. The number of hydrogen-bond acceptors (Lipinski definition) is 1. The minimum absolute atomic E-state index is 0.783. The average Bonchev–Trinajstić information content (AvgIpc) is 2.92. The van der Waals surface area contributed by atoms with Crippen LogP contribution in [0, 0.1) is 35.5 Å². The van der Waals surface area contributed by atoms with E-state index in [9.17, 15) is 0 Å². The third kappa shape index (κ3) is 5.58. The molecular weight excluding hydrogens is 254 g/mol. The summed E-state index contributed by atoms with van der Waals surface area (Å²) in [6.07, 6.45) is 12.1. The van der Waals surface area contributed by atoms with Gasteiger partial charge < -0.3 is 5.32 Å². The van der Waals surface area contributed by atoms with E-state index in [1.165, 1.54) is 64.5 Å². The van der Waals surface area contributed by atoms with Gasteiger partial charge in [0.2, 0.25) is 0 Å². The Hall–Kier alpha value is -0.0400. The van der Waals surface area contributed by atoms with E-state index >= 15 is 0 Å². The maximum absolute atomic E-state index is 3.75. The summed E-state index contributed by atoms with van der Waals surface area (Å²) in [5, 5.41) is 3.75. The molecule has 3 unspecified atom stereocenters. The zero-order valence-corrected chi connectivity index (χ0v) is 15.0. The fourth-order valence-corrected chi connectivity index (χ4v) is 4.76. The van der Waals surface area contributed by atoms with Crippen LogP contribution >= 0.6 is 0 Å². The van der Waals surface area contributed by atoms with Gasteiger partial charge in [-0.1, -0.05) is 53.4 Å². The van der Waals surface area contributed by atoms with E-state index in [2.05, 4.69) is 33.0 Å². The number of rotatable bonds is 7. The molecule has 2 aliphatic carbocycles. The van der Waals surface area contributed by atoms with Crippen LogP contribution in [-0.2, 0) is 0 Å². The van der Waals surface area contributed by atoms with Crippen molar-refractivity contribution in [1.29, 1.82) is 0 Å². The predicted octanol–water partition coefficient (Wildman–Crippen LogP) is 5.50. The molecule has 0 bridgehead atoms. The molecule has 1 heteroatoms. The SMILES string of the molecule is CC(C)CNCC1CCC(C(C)C)CC1CC1CCCC1. The molecule has 3 atom stereocenters. The van der Waals surface area contributed by atoms with Crippen molar-refractivity contribution in [3.8, 4) is 0 Å². The molecule has 1 nitrogen and oxygen atoms in total. The van der Waals surface area contributed by atoms with Crippen LogP contribution in [0.15, 0.2) is 0 Å². The summed E-state index contributed by atoms with van der Waals surface area (Å²) in [4.78, 5) is 0. The second-order valence-corrected chi connectivity index (χ2v) is 8.78. The second kappa shape index (κ2) is 8.56. The molecule has 2 fully saturated rings. The van der Waals surface area contributed by atoms with Crippen molar-refractivity contribution in [1.82, 2.24) is 5.32 Å². The third-order valence-corrected chi connectivity index (χ3v) is 6.19. The van der Waals surface area contributed by atoms with Crippen LogP contribution in [0.2, 0.25) is 0 Å². The molecule has 124 valence electrons. The minimum Gasteiger partial charge on any atom is -0.316 e. The van der Waals surface area contributed by atoms with E-state index in [1.54, 1.807) is 0 Å². The van der Waals surface area contributed by atoms with Gasteiger partial charge in [-0.3, -0.25) is 0 Å². The highest BCUT2D eigenvalue weighted by Gasteiger charge is 2.33. The first-order valence-electron chi connectivity index (χ1n) is 9.77. The lowest BCUT2D eigenvalue weighted by Crippen LogP contribution is -2.36. The molecule has 0 heterocycles. The number of nitrogens with one attached hydrogen (secondary N) is 1. The normalized spacial score (nSPS) is 31.4. The summed E-state index contributed by atoms with van der Waals surface area (Å²) in [7, 11) is 0. The predicted molar refractivity (Wildman–Crippen MR) is 93.4 cm³/mol. The van der Waals surface area contributed by atoms with Crippen molar-refractivity contribution in [3.05, 3.63) is 0 Å². The van der Waals surface area contributed by atoms with Crippen molar-refractivity contribution >= 4 is 0 Å². The molecule has 21 heavy (non-hydrogen) atoms. The first-order valence-corrected chi connectivity index (χ1v) is 9.77. The van der Waals surface area contributed by atoms with Crippen LogP contribution in [0.25, 0.3) is 0 Å². The van der Waals surface area contributed by atoms with Gasteiger partial charge in [-0.05, 0) is 74.3 Å². The highest BCUT2D eigenvalue weighted by Crippen LogP contribution is 2.42. The summed E-state index contributed by atoms with van der Waals surface area (Å²) in [6, 6.07) is 0. The molecule has 0 aromatic rings. The fraction of sp³-hybridized carbons (Fsp3) is 1.00. The molecule has 0 spiro atoms. The summed E-state index contributed by atoms with van der Waals surface area (Å²) < 4.78 is 0. The topological polar surface area (TPSA) is 12.0 Å². The van der Waals surface area contributed by atoms with Crippen molar-refractivity contribution in [2.75, 3.05) is 13.1 Å². The van der Waals surface area contributed by atoms with E-state index in [0.29, 0.717) is 0 Å². The molecule has 2 aliphatic rings. The van der Waals surface area contributed by atoms with Crippen LogP contribution in [0.1, 0.15) is 79.1 Å².